The Morgan fingerprint density at radius 3 is 2.09 bits per heavy atom. The van der Waals surface area contributed by atoms with Crippen LogP contribution >= 0.6 is 0 Å². The lowest BCUT2D eigenvalue weighted by atomic mass is 10.2. The van der Waals surface area contributed by atoms with Gasteiger partial charge < -0.3 is 9.84 Å². The van der Waals surface area contributed by atoms with E-state index in [1.807, 2.05) is 0 Å². The molecule has 0 rings (SSSR count). The molecule has 0 aromatic carbocycles. The Bertz CT molecular complexity index is 111. The van der Waals surface area contributed by atoms with Gasteiger partial charge in [-0.3, -0.25) is 0 Å². The summed E-state index contributed by atoms with van der Waals surface area (Å²) in [6.45, 7) is 3.30. The van der Waals surface area contributed by atoms with Gasteiger partial charge in [0.1, 0.15) is 0 Å². The van der Waals surface area contributed by atoms with E-state index in [-0.39, 0.29) is 12.5 Å². The minimum Gasteiger partial charge on any atom is -0.361 e. The minimum absolute atomic E-state index is 0.0213. The first-order valence-corrected chi connectivity index (χ1v) is 3.20. The molecule has 0 fully saturated rings. The first kappa shape index (κ1) is 10.7. The van der Waals surface area contributed by atoms with Gasteiger partial charge in [0, 0.05) is 0 Å². The third kappa shape index (κ3) is 5.03. The van der Waals surface area contributed by atoms with Crippen LogP contribution in [0.4, 0.5) is 13.2 Å². The van der Waals surface area contributed by atoms with E-state index in [0.717, 1.165) is 0 Å². The maximum Gasteiger partial charge on any atom is 0.439 e. The Morgan fingerprint density at radius 2 is 1.82 bits per heavy atom. The molecule has 0 bridgehead atoms. The van der Waals surface area contributed by atoms with Gasteiger partial charge in [0.05, 0.1) is 6.61 Å². The minimum atomic E-state index is -4.67. The van der Waals surface area contributed by atoms with Gasteiger partial charge in [-0.1, -0.05) is 13.8 Å². The number of alkyl halides is 3. The number of ether oxygens (including phenoxy) is 1. The fourth-order valence-corrected chi connectivity index (χ4v) is 0.378. The highest BCUT2D eigenvalue weighted by atomic mass is 19.4. The van der Waals surface area contributed by atoms with Crippen LogP contribution in [0.2, 0.25) is 0 Å². The van der Waals surface area contributed by atoms with Crippen molar-refractivity contribution < 1.29 is 23.0 Å². The molecule has 5 heteroatoms. The summed E-state index contributed by atoms with van der Waals surface area (Å²) in [5.74, 6) is -0.0213. The van der Waals surface area contributed by atoms with Gasteiger partial charge in [0.15, 0.2) is 0 Å². The number of rotatable bonds is 3. The lowest BCUT2D eigenvalue weighted by Gasteiger charge is -2.15. The van der Waals surface area contributed by atoms with E-state index in [0.29, 0.717) is 0 Å². The molecule has 0 aliphatic rings. The first-order chi connectivity index (χ1) is 4.84. The number of halogens is 3. The van der Waals surface area contributed by atoms with Crippen molar-refractivity contribution in [2.24, 2.45) is 5.92 Å². The van der Waals surface area contributed by atoms with E-state index in [4.69, 9.17) is 5.11 Å². The van der Waals surface area contributed by atoms with Crippen LogP contribution in [-0.2, 0) is 4.74 Å². The largest absolute Gasteiger partial charge is 0.439 e. The third-order valence-corrected chi connectivity index (χ3v) is 0.867. The van der Waals surface area contributed by atoms with Gasteiger partial charge in [-0.25, -0.2) is 0 Å². The zero-order valence-electron chi connectivity index (χ0n) is 6.35. The Hall–Kier alpha value is -0.290. The van der Waals surface area contributed by atoms with Crippen molar-refractivity contribution in [1.29, 1.82) is 0 Å². The van der Waals surface area contributed by atoms with E-state index in [2.05, 4.69) is 4.74 Å². The predicted molar refractivity (Wildman–Crippen MR) is 32.9 cm³/mol. The second-order valence-electron chi connectivity index (χ2n) is 2.62. The van der Waals surface area contributed by atoms with Crippen molar-refractivity contribution in [1.82, 2.24) is 0 Å². The molecule has 0 aliphatic heterocycles. The summed E-state index contributed by atoms with van der Waals surface area (Å²) in [5, 5.41) is 8.29. The van der Waals surface area contributed by atoms with E-state index < -0.39 is 12.5 Å². The van der Waals surface area contributed by atoms with Crippen molar-refractivity contribution in [2.45, 2.75) is 26.3 Å². The molecule has 0 spiro atoms. The second kappa shape index (κ2) is 3.92. The van der Waals surface area contributed by atoms with Crippen LogP contribution in [0.15, 0.2) is 0 Å². The lowest BCUT2D eigenvalue weighted by molar-refractivity contribution is -0.295. The van der Waals surface area contributed by atoms with Crippen LogP contribution in [0.5, 0.6) is 0 Å². The number of aliphatic hydroxyl groups excluding tert-OH is 1. The molecule has 1 unspecified atom stereocenters. The van der Waals surface area contributed by atoms with Crippen molar-refractivity contribution in [2.75, 3.05) is 6.61 Å². The standard InChI is InChI=1S/C6H11F3O2/c1-4(2)3-11-5(10)6(7,8)9/h4-5,10H,3H2,1-2H3. The Balaban J connectivity index is 3.61. The first-order valence-electron chi connectivity index (χ1n) is 3.20. The van der Waals surface area contributed by atoms with Crippen LogP contribution in [-0.4, -0.2) is 24.2 Å². The average Bonchev–Trinajstić information content (AvgIpc) is 1.80. The zero-order chi connectivity index (χ0) is 9.07. The molecular weight excluding hydrogens is 161 g/mol. The highest BCUT2D eigenvalue weighted by molar-refractivity contribution is 4.53. The van der Waals surface area contributed by atoms with Gasteiger partial charge in [-0.15, -0.1) is 0 Å². The van der Waals surface area contributed by atoms with Gasteiger partial charge in [0.2, 0.25) is 0 Å². The van der Waals surface area contributed by atoms with Gasteiger partial charge in [-0.2, -0.15) is 13.2 Å². The van der Waals surface area contributed by atoms with Crippen molar-refractivity contribution in [3.05, 3.63) is 0 Å². The molecule has 2 nitrogen and oxygen atoms in total. The van der Waals surface area contributed by atoms with Crippen LogP contribution in [0.3, 0.4) is 0 Å². The third-order valence-electron chi connectivity index (χ3n) is 0.867. The molecule has 1 N–H and O–H groups in total. The van der Waals surface area contributed by atoms with Crippen LogP contribution in [0.25, 0.3) is 0 Å². The Morgan fingerprint density at radius 1 is 1.36 bits per heavy atom. The quantitative estimate of drug-likeness (QED) is 0.654. The Kier molecular flexibility index (Phi) is 3.82. The van der Waals surface area contributed by atoms with Crippen LogP contribution < -0.4 is 0 Å². The molecule has 0 aliphatic carbocycles. The molecule has 0 aromatic heterocycles. The van der Waals surface area contributed by atoms with Crippen LogP contribution in [0.1, 0.15) is 13.8 Å². The summed E-state index contributed by atoms with van der Waals surface area (Å²) < 4.78 is 38.7. The molecule has 11 heavy (non-hydrogen) atoms. The zero-order valence-corrected chi connectivity index (χ0v) is 6.35. The van der Waals surface area contributed by atoms with Crippen molar-refractivity contribution in [3.63, 3.8) is 0 Å². The van der Waals surface area contributed by atoms with Gasteiger partial charge in [0.25, 0.3) is 6.29 Å². The summed E-state index contributed by atoms with van der Waals surface area (Å²) in [5.41, 5.74) is 0. The highest BCUT2D eigenvalue weighted by Crippen LogP contribution is 2.20. The molecule has 1 atom stereocenters. The van der Waals surface area contributed by atoms with Crippen LogP contribution in [0, 0.1) is 5.92 Å². The van der Waals surface area contributed by atoms with E-state index in [1.54, 1.807) is 13.8 Å². The maximum atomic E-state index is 11.5. The molecule has 0 saturated heterocycles. The fourth-order valence-electron chi connectivity index (χ4n) is 0.378. The topological polar surface area (TPSA) is 29.5 Å². The SMILES string of the molecule is CC(C)COC(O)C(F)(F)F. The average molecular weight is 172 g/mol. The molecule has 0 radical (unpaired) electrons. The second-order valence-corrected chi connectivity index (χ2v) is 2.62. The summed E-state index contributed by atoms with van der Waals surface area (Å²) in [6, 6.07) is 0. The highest BCUT2D eigenvalue weighted by Gasteiger charge is 2.39. The van der Waals surface area contributed by atoms with Crippen molar-refractivity contribution >= 4 is 0 Å². The molecule has 0 amide bonds. The molecule has 0 heterocycles. The van der Waals surface area contributed by atoms with E-state index in [9.17, 15) is 13.2 Å². The van der Waals surface area contributed by atoms with Gasteiger partial charge >= 0.3 is 6.18 Å². The summed E-state index contributed by atoms with van der Waals surface area (Å²) in [7, 11) is 0. The van der Waals surface area contributed by atoms with E-state index in [1.165, 1.54) is 0 Å². The summed E-state index contributed by atoms with van der Waals surface area (Å²) in [6.07, 6.45) is -7.32. The fraction of sp³-hybridized carbons (Fsp3) is 1.00. The van der Waals surface area contributed by atoms with Crippen molar-refractivity contribution in [3.8, 4) is 0 Å². The normalized spacial score (nSPS) is 15.5. The smallest absolute Gasteiger partial charge is 0.361 e. The maximum absolute atomic E-state index is 11.5. The molecule has 68 valence electrons. The summed E-state index contributed by atoms with van der Waals surface area (Å²) in [4.78, 5) is 0. The Labute approximate surface area is 63.0 Å². The molecule has 0 aromatic rings. The predicted octanol–water partition coefficient (Wildman–Crippen LogP) is 1.54. The molecular formula is C6H11F3O2. The van der Waals surface area contributed by atoms with Gasteiger partial charge in [-0.05, 0) is 5.92 Å². The monoisotopic (exact) mass is 172 g/mol. The number of hydrogen-bond donors (Lipinski definition) is 1. The van der Waals surface area contributed by atoms with E-state index >= 15 is 0 Å². The summed E-state index contributed by atoms with van der Waals surface area (Å²) >= 11 is 0. The molecule has 0 saturated carbocycles. The lowest BCUT2D eigenvalue weighted by Crippen LogP contribution is -2.32. The number of hydrogen-bond acceptors (Lipinski definition) is 2. The number of aliphatic hydroxyl groups is 1.